The zero-order valence-electron chi connectivity index (χ0n) is 12.1. The van der Waals surface area contributed by atoms with Crippen LogP contribution >= 0.6 is 0 Å². The molecule has 0 atom stereocenters. The number of hydrogen-bond donors (Lipinski definition) is 1. The Morgan fingerprint density at radius 2 is 1.86 bits per heavy atom. The summed E-state index contributed by atoms with van der Waals surface area (Å²) >= 11 is 0. The van der Waals surface area contributed by atoms with Gasteiger partial charge in [0.2, 0.25) is 0 Å². The average Bonchev–Trinajstić information content (AvgIpc) is 2.91. The Balaban J connectivity index is 1.90. The Hall–Kier alpha value is -3.06. The molecule has 0 saturated heterocycles. The molecule has 0 bridgehead atoms. The fraction of sp³-hybridized carbons (Fsp3) is 0.111. The molecule has 0 fully saturated rings. The predicted molar refractivity (Wildman–Crippen MR) is 84.2 cm³/mol. The molecule has 1 heterocycles. The fourth-order valence-electron chi connectivity index (χ4n) is 2.57. The molecule has 4 heteroatoms. The first-order chi connectivity index (χ1) is 10.6. The van der Waals surface area contributed by atoms with Gasteiger partial charge in [-0.05, 0) is 36.2 Å². The van der Waals surface area contributed by atoms with Crippen LogP contribution in [0.1, 0.15) is 28.4 Å². The second kappa shape index (κ2) is 5.38. The van der Waals surface area contributed by atoms with Crippen LogP contribution < -0.4 is 4.90 Å². The topological polar surface area (TPSA) is 64.3 Å². The van der Waals surface area contributed by atoms with Crippen molar-refractivity contribution < 1.29 is 9.90 Å². The molecule has 0 aromatic heterocycles. The SMILES string of the molecule is C/C(=C(/O)C#N)c1ccc(N2Cc3ccccc3C2=O)cc1. The summed E-state index contributed by atoms with van der Waals surface area (Å²) in [6, 6.07) is 16.6. The summed E-state index contributed by atoms with van der Waals surface area (Å²) in [6.45, 7) is 2.25. The monoisotopic (exact) mass is 290 g/mol. The van der Waals surface area contributed by atoms with Crippen molar-refractivity contribution in [1.82, 2.24) is 0 Å². The number of aliphatic hydroxyl groups excluding tert-OH is 1. The number of amides is 1. The largest absolute Gasteiger partial charge is 0.499 e. The van der Waals surface area contributed by atoms with Crippen LogP contribution in [0.3, 0.4) is 0 Å². The molecule has 1 N–H and O–H groups in total. The van der Waals surface area contributed by atoms with Gasteiger partial charge >= 0.3 is 0 Å². The molecule has 1 aliphatic heterocycles. The third-order valence-electron chi connectivity index (χ3n) is 3.89. The second-order valence-corrected chi connectivity index (χ2v) is 5.18. The maximum absolute atomic E-state index is 12.4. The molecule has 1 amide bonds. The summed E-state index contributed by atoms with van der Waals surface area (Å²) in [4.78, 5) is 14.1. The number of fused-ring (bicyclic) bond motifs is 1. The number of allylic oxidation sites excluding steroid dienone is 2. The van der Waals surface area contributed by atoms with Crippen molar-refractivity contribution in [2.45, 2.75) is 13.5 Å². The van der Waals surface area contributed by atoms with Gasteiger partial charge in [-0.25, -0.2) is 0 Å². The van der Waals surface area contributed by atoms with E-state index in [9.17, 15) is 9.90 Å². The predicted octanol–water partition coefficient (Wildman–Crippen LogP) is 3.66. The highest BCUT2D eigenvalue weighted by Crippen LogP contribution is 2.29. The molecule has 1 aliphatic rings. The molecule has 0 aliphatic carbocycles. The van der Waals surface area contributed by atoms with E-state index in [1.165, 1.54) is 0 Å². The van der Waals surface area contributed by atoms with Gasteiger partial charge in [-0.1, -0.05) is 30.3 Å². The van der Waals surface area contributed by atoms with Crippen LogP contribution in [0.5, 0.6) is 0 Å². The van der Waals surface area contributed by atoms with Gasteiger partial charge in [-0.3, -0.25) is 4.79 Å². The van der Waals surface area contributed by atoms with E-state index < -0.39 is 0 Å². The standard InChI is InChI=1S/C18H14N2O2/c1-12(17(21)10-19)13-6-8-15(9-7-13)20-11-14-4-2-3-5-16(14)18(20)22/h2-9,21H,11H2,1H3/b17-12-. The number of carbonyl (C=O) groups excluding carboxylic acids is 1. The van der Waals surface area contributed by atoms with Gasteiger partial charge in [0, 0.05) is 16.8 Å². The minimum atomic E-state index is -0.294. The van der Waals surface area contributed by atoms with Crippen LogP contribution in [0, 0.1) is 11.3 Å². The highest BCUT2D eigenvalue weighted by Gasteiger charge is 2.27. The molecular weight excluding hydrogens is 276 g/mol. The molecule has 2 aromatic carbocycles. The summed E-state index contributed by atoms with van der Waals surface area (Å²) in [5.74, 6) is -0.298. The van der Waals surface area contributed by atoms with Gasteiger partial charge in [0.15, 0.2) is 5.76 Å². The summed E-state index contributed by atoms with van der Waals surface area (Å²) in [6.07, 6.45) is 0. The molecule has 108 valence electrons. The number of benzene rings is 2. The summed E-state index contributed by atoms with van der Waals surface area (Å²) in [5, 5.41) is 18.2. The third kappa shape index (κ3) is 2.23. The van der Waals surface area contributed by atoms with Crippen LogP contribution in [0.2, 0.25) is 0 Å². The lowest BCUT2D eigenvalue weighted by Crippen LogP contribution is -2.22. The van der Waals surface area contributed by atoms with Gasteiger partial charge in [-0.15, -0.1) is 0 Å². The van der Waals surface area contributed by atoms with E-state index in [0.29, 0.717) is 12.1 Å². The average molecular weight is 290 g/mol. The van der Waals surface area contributed by atoms with E-state index in [2.05, 4.69) is 0 Å². The molecule has 0 saturated carbocycles. The molecule has 2 aromatic rings. The van der Waals surface area contributed by atoms with Crippen molar-refractivity contribution in [2.75, 3.05) is 4.90 Å². The number of nitrogens with zero attached hydrogens (tertiary/aromatic N) is 2. The van der Waals surface area contributed by atoms with E-state index in [1.54, 1.807) is 30.0 Å². The van der Waals surface area contributed by atoms with Crippen molar-refractivity contribution in [3.63, 3.8) is 0 Å². The van der Waals surface area contributed by atoms with Crippen molar-refractivity contribution in [1.29, 1.82) is 5.26 Å². The van der Waals surface area contributed by atoms with E-state index >= 15 is 0 Å². The number of anilines is 1. The quantitative estimate of drug-likeness (QED) is 0.521. The van der Waals surface area contributed by atoms with Crippen LogP contribution in [0.15, 0.2) is 54.3 Å². The van der Waals surface area contributed by atoms with Crippen molar-refractivity contribution >= 4 is 17.2 Å². The summed E-state index contributed by atoms with van der Waals surface area (Å²) < 4.78 is 0. The van der Waals surface area contributed by atoms with E-state index in [1.807, 2.05) is 36.4 Å². The number of aliphatic hydroxyl groups is 1. The fourth-order valence-corrected chi connectivity index (χ4v) is 2.57. The Bertz CT molecular complexity index is 814. The lowest BCUT2D eigenvalue weighted by molar-refractivity contribution is 0.0996. The van der Waals surface area contributed by atoms with Gasteiger partial charge in [0.1, 0.15) is 6.07 Å². The Morgan fingerprint density at radius 3 is 2.50 bits per heavy atom. The smallest absolute Gasteiger partial charge is 0.258 e. The number of nitriles is 1. The first-order valence-corrected chi connectivity index (χ1v) is 6.92. The van der Waals surface area contributed by atoms with Crippen molar-refractivity contribution in [3.8, 4) is 6.07 Å². The van der Waals surface area contributed by atoms with Crippen molar-refractivity contribution in [2.24, 2.45) is 0 Å². The molecule has 0 radical (unpaired) electrons. The first kappa shape index (κ1) is 13.9. The Labute approximate surface area is 128 Å². The lowest BCUT2D eigenvalue weighted by Gasteiger charge is -2.16. The first-order valence-electron chi connectivity index (χ1n) is 6.92. The second-order valence-electron chi connectivity index (χ2n) is 5.18. The lowest BCUT2D eigenvalue weighted by atomic mass is 10.1. The number of carbonyl (C=O) groups is 1. The van der Waals surface area contributed by atoms with Crippen LogP contribution in [-0.2, 0) is 6.54 Å². The maximum Gasteiger partial charge on any atom is 0.258 e. The van der Waals surface area contributed by atoms with Gasteiger partial charge in [-0.2, -0.15) is 5.26 Å². The van der Waals surface area contributed by atoms with Gasteiger partial charge < -0.3 is 10.0 Å². The molecular formula is C18H14N2O2. The van der Waals surface area contributed by atoms with Crippen molar-refractivity contribution in [3.05, 3.63) is 71.0 Å². The minimum Gasteiger partial charge on any atom is -0.499 e. The Kier molecular flexibility index (Phi) is 3.40. The highest BCUT2D eigenvalue weighted by atomic mass is 16.3. The normalized spacial score (nSPS) is 14.4. The van der Waals surface area contributed by atoms with Crippen LogP contribution in [-0.4, -0.2) is 11.0 Å². The zero-order chi connectivity index (χ0) is 15.7. The van der Waals surface area contributed by atoms with Gasteiger partial charge in [0.05, 0.1) is 6.54 Å². The number of hydrogen-bond acceptors (Lipinski definition) is 3. The molecule has 22 heavy (non-hydrogen) atoms. The number of rotatable bonds is 2. The zero-order valence-corrected chi connectivity index (χ0v) is 12.1. The van der Waals surface area contributed by atoms with Gasteiger partial charge in [0.25, 0.3) is 5.91 Å². The van der Waals surface area contributed by atoms with E-state index in [0.717, 1.165) is 22.4 Å². The van der Waals surface area contributed by atoms with Crippen LogP contribution in [0.4, 0.5) is 5.69 Å². The highest BCUT2D eigenvalue weighted by molar-refractivity contribution is 6.10. The molecule has 0 spiro atoms. The molecule has 4 nitrogen and oxygen atoms in total. The Morgan fingerprint density at radius 1 is 1.18 bits per heavy atom. The van der Waals surface area contributed by atoms with E-state index in [4.69, 9.17) is 5.26 Å². The van der Waals surface area contributed by atoms with E-state index in [-0.39, 0.29) is 11.7 Å². The minimum absolute atomic E-state index is 0.00418. The molecule has 3 rings (SSSR count). The maximum atomic E-state index is 12.4. The van der Waals surface area contributed by atoms with Crippen LogP contribution in [0.25, 0.3) is 5.57 Å². The summed E-state index contributed by atoms with van der Waals surface area (Å²) in [5.41, 5.74) is 3.84. The summed E-state index contributed by atoms with van der Waals surface area (Å²) in [7, 11) is 0. The third-order valence-corrected chi connectivity index (χ3v) is 3.89. The molecule has 0 unspecified atom stereocenters.